The van der Waals surface area contributed by atoms with Crippen LogP contribution < -0.4 is 0 Å². The molecule has 1 fully saturated rings. The Balaban J connectivity index is 2.85. The Labute approximate surface area is 85.6 Å². The fourth-order valence-electron chi connectivity index (χ4n) is 1.81. The Kier molecular flexibility index (Phi) is 3.50. The molecule has 0 N–H and O–H groups in total. The van der Waals surface area contributed by atoms with E-state index in [-0.39, 0.29) is 5.75 Å². The fourth-order valence-corrected chi connectivity index (χ4v) is 3.14. The molecule has 4 heteroatoms. The SMILES string of the molecule is C=CCC1(CC=C)CCCS(=O)(=O)O1. The van der Waals surface area contributed by atoms with E-state index in [0.29, 0.717) is 19.3 Å². The summed E-state index contributed by atoms with van der Waals surface area (Å²) in [5.41, 5.74) is -0.611. The molecule has 0 atom stereocenters. The molecule has 0 aliphatic carbocycles. The lowest BCUT2D eigenvalue weighted by Crippen LogP contribution is -2.39. The van der Waals surface area contributed by atoms with Gasteiger partial charge >= 0.3 is 0 Å². The first-order valence-electron chi connectivity index (χ1n) is 4.69. The van der Waals surface area contributed by atoms with Crippen LogP contribution in [0.25, 0.3) is 0 Å². The van der Waals surface area contributed by atoms with Crippen LogP contribution in [0.2, 0.25) is 0 Å². The summed E-state index contributed by atoms with van der Waals surface area (Å²) in [5, 5.41) is 0. The molecule has 3 nitrogen and oxygen atoms in total. The maximum Gasteiger partial charge on any atom is 0.267 e. The molecule has 0 unspecified atom stereocenters. The van der Waals surface area contributed by atoms with E-state index >= 15 is 0 Å². The first kappa shape index (κ1) is 11.5. The third kappa shape index (κ3) is 2.69. The van der Waals surface area contributed by atoms with Gasteiger partial charge in [0.1, 0.15) is 0 Å². The average Bonchev–Trinajstić information content (AvgIpc) is 2.02. The van der Waals surface area contributed by atoms with Gasteiger partial charge in [-0.3, -0.25) is 4.18 Å². The summed E-state index contributed by atoms with van der Waals surface area (Å²) in [6.45, 7) is 7.24. The van der Waals surface area contributed by atoms with Crippen molar-refractivity contribution < 1.29 is 12.6 Å². The molecule has 0 aromatic rings. The smallest absolute Gasteiger partial charge is 0.263 e. The summed E-state index contributed by atoms with van der Waals surface area (Å²) >= 11 is 0. The molecule has 1 aliphatic rings. The van der Waals surface area contributed by atoms with E-state index < -0.39 is 15.7 Å². The van der Waals surface area contributed by atoms with Crippen molar-refractivity contribution in [2.24, 2.45) is 0 Å². The molecule has 0 aromatic heterocycles. The monoisotopic (exact) mass is 216 g/mol. The summed E-state index contributed by atoms with van der Waals surface area (Å²) < 4.78 is 27.8. The summed E-state index contributed by atoms with van der Waals surface area (Å²) in [6.07, 6.45) is 5.92. The number of hydrogen-bond donors (Lipinski definition) is 0. The second kappa shape index (κ2) is 4.28. The van der Waals surface area contributed by atoms with Crippen LogP contribution in [-0.4, -0.2) is 19.8 Å². The van der Waals surface area contributed by atoms with Crippen LogP contribution in [0.15, 0.2) is 25.3 Å². The molecule has 0 bridgehead atoms. The van der Waals surface area contributed by atoms with Crippen molar-refractivity contribution in [3.05, 3.63) is 25.3 Å². The minimum absolute atomic E-state index is 0.128. The maximum atomic E-state index is 11.3. The third-order valence-corrected chi connectivity index (χ3v) is 3.76. The first-order chi connectivity index (χ1) is 6.54. The average molecular weight is 216 g/mol. The highest BCUT2D eigenvalue weighted by Gasteiger charge is 2.37. The van der Waals surface area contributed by atoms with E-state index in [1.54, 1.807) is 12.2 Å². The van der Waals surface area contributed by atoms with Gasteiger partial charge in [-0.15, -0.1) is 13.2 Å². The molecule has 80 valence electrons. The Morgan fingerprint density at radius 2 is 1.86 bits per heavy atom. The van der Waals surface area contributed by atoms with E-state index in [0.717, 1.165) is 6.42 Å². The van der Waals surface area contributed by atoms with E-state index in [1.807, 2.05) is 0 Å². The van der Waals surface area contributed by atoms with Crippen molar-refractivity contribution in [3.8, 4) is 0 Å². The van der Waals surface area contributed by atoms with E-state index in [9.17, 15) is 8.42 Å². The number of hydrogen-bond acceptors (Lipinski definition) is 3. The first-order valence-corrected chi connectivity index (χ1v) is 6.26. The van der Waals surface area contributed by atoms with Crippen molar-refractivity contribution in [1.82, 2.24) is 0 Å². The molecule has 0 radical (unpaired) electrons. The van der Waals surface area contributed by atoms with Crippen molar-refractivity contribution >= 4 is 10.1 Å². The molecule has 1 saturated heterocycles. The predicted octanol–water partition coefficient (Wildman–Crippen LogP) is 2.02. The minimum Gasteiger partial charge on any atom is -0.263 e. The quantitative estimate of drug-likeness (QED) is 0.533. The zero-order chi connectivity index (χ0) is 10.7. The van der Waals surface area contributed by atoms with Gasteiger partial charge in [0.25, 0.3) is 10.1 Å². The highest BCUT2D eigenvalue weighted by molar-refractivity contribution is 7.86. The van der Waals surface area contributed by atoms with Gasteiger partial charge in [-0.05, 0) is 25.7 Å². The molecule has 0 amide bonds. The topological polar surface area (TPSA) is 43.4 Å². The van der Waals surface area contributed by atoms with Gasteiger partial charge in [-0.25, -0.2) is 0 Å². The summed E-state index contributed by atoms with van der Waals surface area (Å²) in [7, 11) is -3.33. The van der Waals surface area contributed by atoms with E-state index in [1.165, 1.54) is 0 Å². The molecular weight excluding hydrogens is 200 g/mol. The van der Waals surface area contributed by atoms with E-state index in [2.05, 4.69) is 13.2 Å². The van der Waals surface area contributed by atoms with Gasteiger partial charge in [0.15, 0.2) is 0 Å². The molecule has 1 heterocycles. The summed E-state index contributed by atoms with van der Waals surface area (Å²) in [5.74, 6) is 0.128. The van der Waals surface area contributed by atoms with Crippen LogP contribution in [0.4, 0.5) is 0 Å². The van der Waals surface area contributed by atoms with Gasteiger partial charge in [0.2, 0.25) is 0 Å². The largest absolute Gasteiger partial charge is 0.267 e. The standard InChI is InChI=1S/C10H16O3S/c1-3-6-10(7-4-2)8-5-9-14(11,12)13-10/h3-4H,1-2,5-9H2. The highest BCUT2D eigenvalue weighted by Crippen LogP contribution is 2.33. The maximum absolute atomic E-state index is 11.3. The van der Waals surface area contributed by atoms with Crippen LogP contribution in [0.3, 0.4) is 0 Å². The van der Waals surface area contributed by atoms with Gasteiger partial charge in [-0.2, -0.15) is 8.42 Å². The normalized spacial score (nSPS) is 24.0. The van der Waals surface area contributed by atoms with Crippen LogP contribution in [0.5, 0.6) is 0 Å². The molecule has 14 heavy (non-hydrogen) atoms. The Hall–Kier alpha value is -0.610. The molecule has 1 aliphatic heterocycles. The highest BCUT2D eigenvalue weighted by atomic mass is 32.2. The molecule has 1 rings (SSSR count). The van der Waals surface area contributed by atoms with Crippen molar-refractivity contribution in [2.45, 2.75) is 31.3 Å². The molecular formula is C10H16O3S. The number of rotatable bonds is 4. The van der Waals surface area contributed by atoms with Crippen LogP contribution in [0, 0.1) is 0 Å². The lowest BCUT2D eigenvalue weighted by molar-refractivity contribution is 0.0608. The van der Waals surface area contributed by atoms with Crippen LogP contribution in [0.1, 0.15) is 25.7 Å². The van der Waals surface area contributed by atoms with Gasteiger partial charge in [0.05, 0.1) is 11.4 Å². The molecule has 0 saturated carbocycles. The second-order valence-electron chi connectivity index (χ2n) is 3.62. The summed E-state index contributed by atoms with van der Waals surface area (Å²) in [6, 6.07) is 0. The van der Waals surface area contributed by atoms with E-state index in [4.69, 9.17) is 4.18 Å². The molecule has 0 spiro atoms. The summed E-state index contributed by atoms with van der Waals surface area (Å²) in [4.78, 5) is 0. The van der Waals surface area contributed by atoms with Crippen LogP contribution >= 0.6 is 0 Å². The van der Waals surface area contributed by atoms with Gasteiger partial charge < -0.3 is 0 Å². The van der Waals surface area contributed by atoms with Crippen LogP contribution in [-0.2, 0) is 14.3 Å². The predicted molar refractivity (Wildman–Crippen MR) is 56.5 cm³/mol. The lowest BCUT2D eigenvalue weighted by atomic mass is 9.90. The Bertz CT molecular complexity index is 306. The Morgan fingerprint density at radius 3 is 2.29 bits per heavy atom. The van der Waals surface area contributed by atoms with Crippen molar-refractivity contribution in [1.29, 1.82) is 0 Å². The fraction of sp³-hybridized carbons (Fsp3) is 0.600. The van der Waals surface area contributed by atoms with Crippen molar-refractivity contribution in [3.63, 3.8) is 0 Å². The lowest BCUT2D eigenvalue weighted by Gasteiger charge is -2.34. The minimum atomic E-state index is -3.33. The third-order valence-electron chi connectivity index (χ3n) is 2.36. The zero-order valence-corrected chi connectivity index (χ0v) is 9.05. The Morgan fingerprint density at radius 1 is 1.29 bits per heavy atom. The van der Waals surface area contributed by atoms with Gasteiger partial charge in [-0.1, -0.05) is 12.2 Å². The van der Waals surface area contributed by atoms with Gasteiger partial charge in [0, 0.05) is 0 Å². The van der Waals surface area contributed by atoms with Crippen molar-refractivity contribution in [2.75, 3.05) is 5.75 Å². The second-order valence-corrected chi connectivity index (χ2v) is 5.31. The zero-order valence-electron chi connectivity index (χ0n) is 8.24. The molecule has 0 aromatic carbocycles.